The molecule has 0 amide bonds. The van der Waals surface area contributed by atoms with Crippen molar-refractivity contribution < 1.29 is 5.21 Å². The number of likely N-dealkylation sites (N-methyl/N-ethyl adjacent to an activating group) is 1. The molecule has 1 aliphatic rings. The van der Waals surface area contributed by atoms with E-state index in [-0.39, 0.29) is 0 Å². The zero-order chi connectivity index (χ0) is 8.97. The summed E-state index contributed by atoms with van der Waals surface area (Å²) < 4.78 is 0. The van der Waals surface area contributed by atoms with Gasteiger partial charge in [-0.3, -0.25) is 4.90 Å². The Hall–Kier alpha value is -0.770. The molecule has 0 atom stereocenters. The van der Waals surface area contributed by atoms with Gasteiger partial charge >= 0.3 is 0 Å². The SMILES string of the molecule is CCN(CC(N)=NO)CC1CC1. The van der Waals surface area contributed by atoms with Crippen molar-refractivity contribution in [1.82, 2.24) is 4.90 Å². The van der Waals surface area contributed by atoms with Gasteiger partial charge in [0.05, 0.1) is 6.54 Å². The summed E-state index contributed by atoms with van der Waals surface area (Å²) >= 11 is 0. The van der Waals surface area contributed by atoms with Crippen LogP contribution in [0.25, 0.3) is 0 Å². The van der Waals surface area contributed by atoms with Crippen LogP contribution in [0, 0.1) is 5.92 Å². The van der Waals surface area contributed by atoms with Gasteiger partial charge in [-0.2, -0.15) is 0 Å². The van der Waals surface area contributed by atoms with Crippen molar-refractivity contribution in [2.75, 3.05) is 19.6 Å². The first kappa shape index (κ1) is 9.32. The van der Waals surface area contributed by atoms with Crippen molar-refractivity contribution in [3.05, 3.63) is 0 Å². The van der Waals surface area contributed by atoms with Gasteiger partial charge in [-0.1, -0.05) is 12.1 Å². The lowest BCUT2D eigenvalue weighted by Crippen LogP contribution is -2.35. The van der Waals surface area contributed by atoms with Gasteiger partial charge in [-0.15, -0.1) is 0 Å². The van der Waals surface area contributed by atoms with Gasteiger partial charge in [0.1, 0.15) is 0 Å². The van der Waals surface area contributed by atoms with E-state index in [2.05, 4.69) is 17.0 Å². The molecule has 1 rings (SSSR count). The Morgan fingerprint density at radius 1 is 1.67 bits per heavy atom. The molecule has 4 nitrogen and oxygen atoms in total. The number of rotatable bonds is 5. The molecule has 12 heavy (non-hydrogen) atoms. The molecular weight excluding hydrogens is 154 g/mol. The summed E-state index contributed by atoms with van der Waals surface area (Å²) in [5.41, 5.74) is 5.40. The first-order valence-electron chi connectivity index (χ1n) is 4.45. The highest BCUT2D eigenvalue weighted by atomic mass is 16.4. The smallest absolute Gasteiger partial charge is 0.153 e. The number of oxime groups is 1. The quantitative estimate of drug-likeness (QED) is 0.273. The standard InChI is InChI=1S/C8H17N3O/c1-2-11(5-7-3-4-7)6-8(9)10-12/h7,12H,2-6H2,1H3,(H2,9,10). The molecule has 1 saturated carbocycles. The molecule has 4 heteroatoms. The van der Waals surface area contributed by atoms with E-state index in [1.807, 2.05) is 0 Å². The first-order valence-corrected chi connectivity index (χ1v) is 4.45. The molecule has 0 bridgehead atoms. The van der Waals surface area contributed by atoms with E-state index < -0.39 is 0 Å². The third kappa shape index (κ3) is 3.09. The molecule has 1 aliphatic carbocycles. The Morgan fingerprint density at radius 2 is 2.33 bits per heavy atom. The lowest BCUT2D eigenvalue weighted by Gasteiger charge is -2.18. The van der Waals surface area contributed by atoms with E-state index in [0.717, 1.165) is 19.0 Å². The monoisotopic (exact) mass is 171 g/mol. The highest BCUT2D eigenvalue weighted by Gasteiger charge is 2.23. The van der Waals surface area contributed by atoms with Crippen LogP contribution in [0.3, 0.4) is 0 Å². The van der Waals surface area contributed by atoms with Crippen molar-refractivity contribution in [3.63, 3.8) is 0 Å². The lowest BCUT2D eigenvalue weighted by atomic mass is 10.3. The fourth-order valence-corrected chi connectivity index (χ4v) is 1.23. The maximum atomic E-state index is 8.37. The topological polar surface area (TPSA) is 61.8 Å². The van der Waals surface area contributed by atoms with E-state index in [9.17, 15) is 0 Å². The van der Waals surface area contributed by atoms with Gasteiger partial charge in [0, 0.05) is 6.54 Å². The number of hydrogen-bond acceptors (Lipinski definition) is 3. The zero-order valence-corrected chi connectivity index (χ0v) is 7.53. The lowest BCUT2D eigenvalue weighted by molar-refractivity contribution is 0.292. The van der Waals surface area contributed by atoms with Crippen molar-refractivity contribution in [3.8, 4) is 0 Å². The second-order valence-corrected chi connectivity index (χ2v) is 3.36. The molecule has 1 fully saturated rings. The second kappa shape index (κ2) is 4.30. The molecule has 0 unspecified atom stereocenters. The molecule has 0 spiro atoms. The Labute approximate surface area is 73.0 Å². The van der Waals surface area contributed by atoms with Gasteiger partial charge in [-0.25, -0.2) is 0 Å². The highest BCUT2D eigenvalue weighted by Crippen LogP contribution is 2.29. The van der Waals surface area contributed by atoms with Crippen LogP contribution in [0.2, 0.25) is 0 Å². The molecule has 0 saturated heterocycles. The molecule has 0 radical (unpaired) electrons. The van der Waals surface area contributed by atoms with Crippen molar-refractivity contribution in [2.45, 2.75) is 19.8 Å². The van der Waals surface area contributed by atoms with Crippen LogP contribution in [0.1, 0.15) is 19.8 Å². The van der Waals surface area contributed by atoms with Crippen molar-refractivity contribution >= 4 is 5.84 Å². The maximum Gasteiger partial charge on any atom is 0.153 e. The summed E-state index contributed by atoms with van der Waals surface area (Å²) in [7, 11) is 0. The Morgan fingerprint density at radius 3 is 2.75 bits per heavy atom. The average Bonchev–Trinajstić information content (AvgIpc) is 2.86. The van der Waals surface area contributed by atoms with Gasteiger partial charge in [0.2, 0.25) is 0 Å². The van der Waals surface area contributed by atoms with Crippen molar-refractivity contribution in [1.29, 1.82) is 0 Å². The number of amidine groups is 1. The maximum absolute atomic E-state index is 8.37. The Kier molecular flexibility index (Phi) is 3.34. The molecule has 3 N–H and O–H groups in total. The van der Waals surface area contributed by atoms with Gasteiger partial charge in [0.15, 0.2) is 5.84 Å². The molecule has 0 heterocycles. The molecule has 0 aromatic carbocycles. The minimum atomic E-state index is 0.303. The number of nitrogens with zero attached hydrogens (tertiary/aromatic N) is 2. The predicted molar refractivity (Wildman–Crippen MR) is 48.2 cm³/mol. The van der Waals surface area contributed by atoms with E-state index in [0.29, 0.717) is 12.4 Å². The summed E-state index contributed by atoms with van der Waals surface area (Å²) in [5, 5.41) is 11.3. The van der Waals surface area contributed by atoms with Crippen LogP contribution >= 0.6 is 0 Å². The van der Waals surface area contributed by atoms with Crippen LogP contribution in [-0.2, 0) is 0 Å². The summed E-state index contributed by atoms with van der Waals surface area (Å²) in [5.74, 6) is 1.16. The van der Waals surface area contributed by atoms with Crippen LogP contribution in [0.5, 0.6) is 0 Å². The molecule has 70 valence electrons. The number of hydrogen-bond donors (Lipinski definition) is 2. The Balaban J connectivity index is 2.23. The summed E-state index contributed by atoms with van der Waals surface area (Å²) in [6.45, 7) is 4.73. The fraction of sp³-hybridized carbons (Fsp3) is 0.875. The van der Waals surface area contributed by atoms with Crippen LogP contribution in [0.4, 0.5) is 0 Å². The minimum Gasteiger partial charge on any atom is -0.409 e. The van der Waals surface area contributed by atoms with Crippen LogP contribution in [0.15, 0.2) is 5.16 Å². The largest absolute Gasteiger partial charge is 0.409 e. The van der Waals surface area contributed by atoms with E-state index in [1.165, 1.54) is 12.8 Å². The summed E-state index contributed by atoms with van der Waals surface area (Å²) in [6, 6.07) is 0. The summed E-state index contributed by atoms with van der Waals surface area (Å²) in [4.78, 5) is 2.20. The highest BCUT2D eigenvalue weighted by molar-refractivity contribution is 5.81. The summed E-state index contributed by atoms with van der Waals surface area (Å²) in [6.07, 6.45) is 2.68. The van der Waals surface area contributed by atoms with E-state index in [1.54, 1.807) is 0 Å². The van der Waals surface area contributed by atoms with Crippen LogP contribution in [-0.4, -0.2) is 35.6 Å². The molecular formula is C8H17N3O. The first-order chi connectivity index (χ1) is 5.76. The third-order valence-electron chi connectivity index (χ3n) is 2.17. The molecule has 0 aromatic rings. The predicted octanol–water partition coefficient (Wildman–Crippen LogP) is 0.465. The van der Waals surface area contributed by atoms with Gasteiger partial charge < -0.3 is 10.9 Å². The van der Waals surface area contributed by atoms with E-state index in [4.69, 9.17) is 10.9 Å². The van der Waals surface area contributed by atoms with Crippen molar-refractivity contribution in [2.24, 2.45) is 16.8 Å². The zero-order valence-electron chi connectivity index (χ0n) is 7.53. The normalized spacial score (nSPS) is 18.7. The number of nitrogens with two attached hydrogens (primary N) is 1. The Bertz CT molecular complexity index is 166. The minimum absolute atomic E-state index is 0.303. The van der Waals surface area contributed by atoms with Crippen LogP contribution < -0.4 is 5.73 Å². The third-order valence-corrected chi connectivity index (χ3v) is 2.17. The second-order valence-electron chi connectivity index (χ2n) is 3.36. The molecule has 0 aromatic heterocycles. The van der Waals surface area contributed by atoms with Gasteiger partial charge in [-0.05, 0) is 25.3 Å². The average molecular weight is 171 g/mol. The van der Waals surface area contributed by atoms with E-state index >= 15 is 0 Å². The molecule has 0 aliphatic heterocycles. The van der Waals surface area contributed by atoms with Gasteiger partial charge in [0.25, 0.3) is 0 Å². The fourth-order valence-electron chi connectivity index (χ4n) is 1.23.